The van der Waals surface area contributed by atoms with Crippen molar-refractivity contribution >= 4 is 22.2 Å². The molecule has 1 aliphatic heterocycles. The van der Waals surface area contributed by atoms with E-state index in [9.17, 15) is 19.1 Å². The molecule has 0 bridgehead atoms. The molecule has 186 valence electrons. The predicted molar refractivity (Wildman–Crippen MR) is 131 cm³/mol. The molecule has 4 aromatic rings. The van der Waals surface area contributed by atoms with Gasteiger partial charge in [0.1, 0.15) is 11.4 Å². The Bertz CT molecular complexity index is 1730. The molecule has 37 heavy (non-hydrogen) atoms. The second-order valence-electron chi connectivity index (χ2n) is 10.2. The molecule has 3 aliphatic rings. The van der Waals surface area contributed by atoms with Crippen LogP contribution in [0.25, 0.3) is 16.5 Å². The second-order valence-corrected chi connectivity index (χ2v) is 10.2. The fourth-order valence-electron chi connectivity index (χ4n) is 5.21. The first kappa shape index (κ1) is 22.1. The van der Waals surface area contributed by atoms with E-state index in [0.29, 0.717) is 44.7 Å². The summed E-state index contributed by atoms with van der Waals surface area (Å²) in [5.41, 5.74) is 3.34. The van der Waals surface area contributed by atoms with E-state index < -0.39 is 18.1 Å². The predicted octanol–water partition coefficient (Wildman–Crippen LogP) is 2.75. The molecule has 1 aromatic carbocycles. The van der Waals surface area contributed by atoms with Crippen LogP contribution in [0.5, 0.6) is 0 Å². The molecule has 7 rings (SSSR count). The number of pyridine rings is 1. The molecule has 0 spiro atoms. The molecule has 4 heterocycles. The third-order valence-corrected chi connectivity index (χ3v) is 7.42. The summed E-state index contributed by atoms with van der Waals surface area (Å²) in [4.78, 5) is 4.34. The van der Waals surface area contributed by atoms with Crippen molar-refractivity contribution in [3.63, 3.8) is 0 Å². The zero-order valence-corrected chi connectivity index (χ0v) is 20.0. The number of aromatic nitrogens is 4. The minimum atomic E-state index is -2.71. The van der Waals surface area contributed by atoms with E-state index in [0.717, 1.165) is 30.3 Å². The molecule has 10 heteroatoms. The van der Waals surface area contributed by atoms with Gasteiger partial charge >= 0.3 is 0 Å². The van der Waals surface area contributed by atoms with Crippen molar-refractivity contribution in [2.45, 2.75) is 43.9 Å². The number of aliphatic hydroxyl groups excluding tert-OH is 1. The van der Waals surface area contributed by atoms with Crippen molar-refractivity contribution in [2.24, 2.45) is 18.1 Å². The average molecular weight is 500 g/mol. The Labute approximate surface area is 210 Å². The number of nitriles is 1. The van der Waals surface area contributed by atoms with Crippen LogP contribution >= 0.6 is 0 Å². The Morgan fingerprint density at radius 1 is 1.19 bits per heavy atom. The van der Waals surface area contributed by atoms with E-state index in [4.69, 9.17) is 5.10 Å². The van der Waals surface area contributed by atoms with Gasteiger partial charge in [0.25, 0.3) is 5.92 Å². The fraction of sp³-hybridized carbons (Fsp3) is 0.333. The number of alkyl halides is 2. The largest absolute Gasteiger partial charge is 0.368 e. The topological polar surface area (TPSA) is 95.3 Å². The number of hydrogen-bond donors (Lipinski definition) is 1. The van der Waals surface area contributed by atoms with Crippen molar-refractivity contribution < 1.29 is 13.9 Å². The molecule has 1 unspecified atom stereocenters. The molecule has 3 aromatic heterocycles. The summed E-state index contributed by atoms with van der Waals surface area (Å²) >= 11 is 0. The third kappa shape index (κ3) is 3.61. The maximum absolute atomic E-state index is 13.6. The molecular formula is C27H23F2N7O. The van der Waals surface area contributed by atoms with Gasteiger partial charge in [0.15, 0.2) is 6.23 Å². The summed E-state index contributed by atoms with van der Waals surface area (Å²) in [6.07, 6.45) is 6.08. The van der Waals surface area contributed by atoms with Gasteiger partial charge in [-0.15, -0.1) is 0 Å². The van der Waals surface area contributed by atoms with E-state index in [1.54, 1.807) is 29.2 Å². The van der Waals surface area contributed by atoms with Gasteiger partial charge in [0, 0.05) is 60.8 Å². The van der Waals surface area contributed by atoms with Gasteiger partial charge in [-0.05, 0) is 43.0 Å². The summed E-state index contributed by atoms with van der Waals surface area (Å²) in [5, 5.41) is 34.3. The molecule has 1 N–H and O–H groups in total. The first-order valence-electron chi connectivity index (χ1n) is 12.3. The molecule has 0 amide bonds. The summed E-state index contributed by atoms with van der Waals surface area (Å²) < 4.78 is 31.0. The lowest BCUT2D eigenvalue weighted by Gasteiger charge is -2.30. The van der Waals surface area contributed by atoms with Crippen LogP contribution in [0.3, 0.4) is 0 Å². The van der Waals surface area contributed by atoms with Gasteiger partial charge in [-0.2, -0.15) is 15.5 Å². The Morgan fingerprint density at radius 3 is 2.68 bits per heavy atom. The van der Waals surface area contributed by atoms with Crippen LogP contribution in [0.2, 0.25) is 0 Å². The van der Waals surface area contributed by atoms with Crippen LogP contribution < -0.4 is 15.7 Å². The van der Waals surface area contributed by atoms with Crippen LogP contribution in [0, 0.1) is 17.2 Å². The zero-order valence-electron chi connectivity index (χ0n) is 20.0. The minimum absolute atomic E-state index is 0.193. The van der Waals surface area contributed by atoms with Gasteiger partial charge in [0.05, 0.1) is 28.0 Å². The second kappa shape index (κ2) is 7.70. The first-order chi connectivity index (χ1) is 17.8. The number of aryl methyl sites for hydroxylation is 1. The van der Waals surface area contributed by atoms with E-state index >= 15 is 0 Å². The number of halogens is 2. The van der Waals surface area contributed by atoms with Crippen molar-refractivity contribution in [3.8, 4) is 6.07 Å². The van der Waals surface area contributed by atoms with Crippen molar-refractivity contribution in [3.05, 3.63) is 76.4 Å². The monoisotopic (exact) mass is 499 g/mol. The Morgan fingerprint density at radius 2 is 2.00 bits per heavy atom. The minimum Gasteiger partial charge on any atom is -0.368 e. The molecule has 0 radical (unpaired) electrons. The quantitative estimate of drug-likeness (QED) is 0.456. The number of nitrogens with zero attached hydrogens (tertiary/aromatic N) is 7. The molecular weight excluding hydrogens is 476 g/mol. The van der Waals surface area contributed by atoms with E-state index in [1.807, 2.05) is 36.0 Å². The number of anilines is 1. The number of hydrogen-bond acceptors (Lipinski definition) is 6. The highest BCUT2D eigenvalue weighted by atomic mass is 19.3. The Kier molecular flexibility index (Phi) is 4.60. The number of fused-ring (bicyclic) bond motifs is 2. The SMILES string of the molecule is Cn1cc2cc(N3N=c4c(C#N)cn(CC5CC5)c4=C(c4ccc([C@@H]5CC5(F)F)nc4)C3O)ccc2n1. The van der Waals surface area contributed by atoms with Crippen LogP contribution in [0.1, 0.15) is 42.0 Å². The van der Waals surface area contributed by atoms with Gasteiger partial charge in [0.2, 0.25) is 0 Å². The highest BCUT2D eigenvalue weighted by Crippen LogP contribution is 2.55. The van der Waals surface area contributed by atoms with Gasteiger partial charge in [-0.1, -0.05) is 6.07 Å². The standard InChI is InChI=1S/C27H23F2N7O/c1-34-13-17-8-19(5-7-21(17)32-34)36-26(37)23(16-4-6-22(31-11-16)20-9-27(20,28)29)25-24(33-36)18(10-30)14-35(25)12-15-2-3-15/h4-8,11,13-15,20,26,37H,2-3,9,12H2,1H3/t20-,26?/m0/s1. The number of benzene rings is 1. The molecule has 2 atom stereocenters. The number of aliphatic hydroxyl groups is 1. The molecule has 2 aliphatic carbocycles. The van der Waals surface area contributed by atoms with E-state index in [-0.39, 0.29) is 6.42 Å². The molecule has 8 nitrogen and oxygen atoms in total. The average Bonchev–Trinajstić information content (AvgIpc) is 3.73. The van der Waals surface area contributed by atoms with Crippen molar-refractivity contribution in [1.82, 2.24) is 19.3 Å². The highest BCUT2D eigenvalue weighted by Gasteiger charge is 2.58. The fourth-order valence-corrected chi connectivity index (χ4v) is 5.21. The van der Waals surface area contributed by atoms with Crippen LogP contribution in [0.15, 0.2) is 54.0 Å². The number of rotatable bonds is 5. The summed E-state index contributed by atoms with van der Waals surface area (Å²) in [6, 6.07) is 11.2. The lowest BCUT2D eigenvalue weighted by atomic mass is 10.0. The maximum Gasteiger partial charge on any atom is 0.257 e. The van der Waals surface area contributed by atoms with Gasteiger partial charge in [-0.25, -0.2) is 13.8 Å². The Hall–Kier alpha value is -4.10. The van der Waals surface area contributed by atoms with Crippen LogP contribution in [-0.2, 0) is 13.6 Å². The summed E-state index contributed by atoms with van der Waals surface area (Å²) in [6.45, 7) is 0.719. The molecule has 0 saturated heterocycles. The summed E-state index contributed by atoms with van der Waals surface area (Å²) in [5.74, 6) is -3.05. The lowest BCUT2D eigenvalue weighted by Crippen LogP contribution is -2.48. The molecule has 2 saturated carbocycles. The van der Waals surface area contributed by atoms with E-state index in [2.05, 4.69) is 16.2 Å². The van der Waals surface area contributed by atoms with Gasteiger partial charge < -0.3 is 9.67 Å². The zero-order chi connectivity index (χ0) is 25.5. The smallest absolute Gasteiger partial charge is 0.257 e. The normalized spacial score (nSPS) is 22.0. The Balaban J connectivity index is 1.41. The van der Waals surface area contributed by atoms with Crippen molar-refractivity contribution in [1.29, 1.82) is 5.26 Å². The van der Waals surface area contributed by atoms with Crippen LogP contribution in [0.4, 0.5) is 14.5 Å². The first-order valence-corrected chi connectivity index (χ1v) is 12.3. The summed E-state index contributed by atoms with van der Waals surface area (Å²) in [7, 11) is 1.84. The molecule has 2 fully saturated rings. The van der Waals surface area contributed by atoms with Crippen molar-refractivity contribution in [2.75, 3.05) is 5.01 Å². The maximum atomic E-state index is 13.6. The lowest BCUT2D eigenvalue weighted by molar-refractivity contribution is 0.111. The van der Waals surface area contributed by atoms with Crippen LogP contribution in [-0.4, -0.2) is 36.6 Å². The van der Waals surface area contributed by atoms with E-state index in [1.165, 1.54) is 5.01 Å². The van der Waals surface area contributed by atoms with Gasteiger partial charge in [-0.3, -0.25) is 9.67 Å². The highest BCUT2D eigenvalue weighted by molar-refractivity contribution is 5.83. The third-order valence-electron chi connectivity index (χ3n) is 7.42.